The van der Waals surface area contributed by atoms with Gasteiger partial charge >= 0.3 is 6.03 Å². The molecule has 1 aromatic heterocycles. The molecule has 5 nitrogen and oxygen atoms in total. The number of primary amides is 1. The topological polar surface area (TPSA) is 79.5 Å². The van der Waals surface area contributed by atoms with Gasteiger partial charge < -0.3 is 10.8 Å². The van der Waals surface area contributed by atoms with Crippen molar-refractivity contribution in [1.82, 2.24) is 4.98 Å². The Morgan fingerprint density at radius 2 is 2.09 bits per heavy atom. The highest BCUT2D eigenvalue weighted by molar-refractivity contribution is 7.82. The summed E-state index contributed by atoms with van der Waals surface area (Å²) < 4.78 is 1.86. The molecule has 0 unspecified atom stereocenters. The lowest BCUT2D eigenvalue weighted by Gasteiger charge is -2.16. The van der Waals surface area contributed by atoms with Crippen molar-refractivity contribution in [2.24, 2.45) is 5.73 Å². The number of aromatic nitrogens is 1. The number of fused-ring (bicyclic) bond motifs is 1. The molecule has 3 aromatic rings. The first-order valence-electron chi connectivity index (χ1n) is 6.14. The molecule has 0 spiro atoms. The van der Waals surface area contributed by atoms with Crippen molar-refractivity contribution in [2.75, 3.05) is 4.31 Å². The van der Waals surface area contributed by atoms with E-state index in [2.05, 4.69) is 17.8 Å². The van der Waals surface area contributed by atoms with Crippen molar-refractivity contribution >= 4 is 57.7 Å². The van der Waals surface area contributed by atoms with Crippen LogP contribution >= 0.6 is 35.8 Å². The highest BCUT2D eigenvalue weighted by atomic mass is 35.5. The highest BCUT2D eigenvalue weighted by Gasteiger charge is 2.18. The van der Waals surface area contributed by atoms with Gasteiger partial charge in [0, 0.05) is 5.56 Å². The Morgan fingerprint density at radius 1 is 1.36 bits per heavy atom. The van der Waals surface area contributed by atoms with Crippen molar-refractivity contribution < 1.29 is 9.90 Å². The zero-order valence-electron chi connectivity index (χ0n) is 11.0. The predicted octanol–water partition coefficient (Wildman–Crippen LogP) is 4.05. The first kappa shape index (κ1) is 15.0. The van der Waals surface area contributed by atoms with Crippen LogP contribution in [0.5, 0.6) is 5.75 Å². The summed E-state index contributed by atoms with van der Waals surface area (Å²) in [5.74, 6) is -0.264. The molecule has 3 N–H and O–H groups in total. The van der Waals surface area contributed by atoms with Gasteiger partial charge in [-0.3, -0.25) is 0 Å². The van der Waals surface area contributed by atoms with E-state index in [1.54, 1.807) is 12.1 Å². The van der Waals surface area contributed by atoms with E-state index >= 15 is 0 Å². The summed E-state index contributed by atoms with van der Waals surface area (Å²) in [4.78, 5) is 15.8. The number of carbonyl (C=O) groups excluding carboxylic acids is 1. The molecule has 0 aliphatic heterocycles. The highest BCUT2D eigenvalue weighted by Crippen LogP contribution is 2.41. The summed E-state index contributed by atoms with van der Waals surface area (Å²) in [6.07, 6.45) is 0. The molecule has 3 rings (SSSR count). The second-order valence-corrected chi connectivity index (χ2v) is 6.30. The zero-order valence-corrected chi connectivity index (χ0v) is 13.5. The maximum Gasteiger partial charge on any atom is 0.329 e. The number of benzene rings is 2. The van der Waals surface area contributed by atoms with Crippen LogP contribution in [0.4, 0.5) is 10.5 Å². The number of phenolic OH excluding ortho intramolecular Hbond substituents is 1. The molecule has 0 saturated carbocycles. The van der Waals surface area contributed by atoms with E-state index in [1.807, 2.05) is 24.3 Å². The molecule has 1 heterocycles. The lowest BCUT2D eigenvalue weighted by atomic mass is 10.2. The number of aromatic hydroxyl groups is 1. The normalized spacial score (nSPS) is 10.8. The van der Waals surface area contributed by atoms with Crippen molar-refractivity contribution in [3.05, 3.63) is 41.4 Å². The fourth-order valence-corrected chi connectivity index (χ4v) is 3.30. The van der Waals surface area contributed by atoms with E-state index in [0.29, 0.717) is 5.56 Å². The van der Waals surface area contributed by atoms with Gasteiger partial charge in [0.2, 0.25) is 0 Å². The van der Waals surface area contributed by atoms with E-state index in [4.69, 9.17) is 17.3 Å². The molecule has 0 bridgehead atoms. The summed E-state index contributed by atoms with van der Waals surface area (Å²) in [7, 11) is 0. The van der Waals surface area contributed by atoms with Crippen molar-refractivity contribution in [1.29, 1.82) is 0 Å². The summed E-state index contributed by atoms with van der Waals surface area (Å²) >= 11 is 11.5. The van der Waals surface area contributed by atoms with Gasteiger partial charge in [0.1, 0.15) is 10.7 Å². The molecule has 0 aliphatic rings. The van der Waals surface area contributed by atoms with Gasteiger partial charge in [-0.2, -0.15) is 0 Å². The van der Waals surface area contributed by atoms with Crippen molar-refractivity contribution in [3.8, 4) is 16.3 Å². The number of para-hydroxylation sites is 1. The van der Waals surface area contributed by atoms with Crippen LogP contribution in [-0.2, 0) is 0 Å². The molecule has 22 heavy (non-hydrogen) atoms. The van der Waals surface area contributed by atoms with Gasteiger partial charge in [-0.05, 0) is 24.3 Å². The molecule has 0 aliphatic carbocycles. The van der Waals surface area contributed by atoms with Crippen LogP contribution in [0.15, 0.2) is 36.4 Å². The molecule has 8 heteroatoms. The Kier molecular flexibility index (Phi) is 3.86. The van der Waals surface area contributed by atoms with Crippen LogP contribution in [0.2, 0.25) is 5.02 Å². The quantitative estimate of drug-likeness (QED) is 0.609. The summed E-state index contributed by atoms with van der Waals surface area (Å²) in [5, 5.41) is 10.8. The zero-order chi connectivity index (χ0) is 15.9. The monoisotopic (exact) mass is 351 g/mol. The summed E-state index contributed by atoms with van der Waals surface area (Å²) in [6.45, 7) is 0. The average molecular weight is 352 g/mol. The minimum Gasteiger partial charge on any atom is -0.504 e. The first-order valence-corrected chi connectivity index (χ1v) is 7.73. The number of thiazole rings is 1. The third-order valence-electron chi connectivity index (χ3n) is 3.02. The predicted molar refractivity (Wildman–Crippen MR) is 92.8 cm³/mol. The maximum atomic E-state index is 11.3. The number of nitrogens with two attached hydrogens (primary N) is 1. The standard InChI is InChI=1S/C14H10ClN3O2S2/c15-8-5-7(6-10(12(8)19)18(21)14(16)20)13-17-9-3-1-2-4-11(9)22-13/h1-6,19,21H,(H2,16,20). The number of anilines is 1. The lowest BCUT2D eigenvalue weighted by Crippen LogP contribution is -2.27. The lowest BCUT2D eigenvalue weighted by molar-refractivity contribution is 0.257. The Hall–Kier alpha value is -1.96. The van der Waals surface area contributed by atoms with E-state index in [0.717, 1.165) is 19.5 Å². The van der Waals surface area contributed by atoms with Crippen molar-refractivity contribution in [3.63, 3.8) is 0 Å². The third-order valence-corrected chi connectivity index (χ3v) is 4.81. The van der Waals surface area contributed by atoms with Crippen LogP contribution in [-0.4, -0.2) is 16.1 Å². The smallest absolute Gasteiger partial charge is 0.329 e. The Bertz CT molecular complexity index is 849. The van der Waals surface area contributed by atoms with Gasteiger partial charge in [-0.25, -0.2) is 14.1 Å². The minimum absolute atomic E-state index is 0.0899. The molecule has 0 radical (unpaired) electrons. The molecule has 0 saturated heterocycles. The Labute approximate surface area is 140 Å². The number of urea groups is 1. The van der Waals surface area contributed by atoms with Gasteiger partial charge in [0.15, 0.2) is 5.75 Å². The number of rotatable bonds is 2. The molecule has 2 amide bonds. The Morgan fingerprint density at radius 3 is 2.77 bits per heavy atom. The number of hydrogen-bond donors (Lipinski definition) is 3. The van der Waals surface area contributed by atoms with E-state index < -0.39 is 6.03 Å². The molecule has 0 fully saturated rings. The SMILES string of the molecule is NC(=O)N(S)c1cc(-c2nc3ccccc3s2)cc(Cl)c1O. The van der Waals surface area contributed by atoms with Crippen LogP contribution in [0.25, 0.3) is 20.8 Å². The molecule has 112 valence electrons. The molecule has 2 aromatic carbocycles. The largest absolute Gasteiger partial charge is 0.504 e. The number of phenols is 1. The van der Waals surface area contributed by atoms with Crippen LogP contribution in [0, 0.1) is 0 Å². The van der Waals surface area contributed by atoms with E-state index in [-0.39, 0.29) is 16.5 Å². The van der Waals surface area contributed by atoms with E-state index in [1.165, 1.54) is 11.3 Å². The third kappa shape index (κ3) is 2.58. The fourth-order valence-electron chi connectivity index (χ4n) is 1.98. The number of nitrogens with zero attached hydrogens (tertiary/aromatic N) is 2. The minimum atomic E-state index is -0.823. The second kappa shape index (κ2) is 5.68. The molecular formula is C14H10ClN3O2S2. The number of thiol groups is 1. The number of carbonyl (C=O) groups is 1. The summed E-state index contributed by atoms with van der Waals surface area (Å²) in [5.41, 5.74) is 6.82. The van der Waals surface area contributed by atoms with Gasteiger partial charge in [-0.1, -0.05) is 36.5 Å². The van der Waals surface area contributed by atoms with Gasteiger partial charge in [0.25, 0.3) is 0 Å². The number of amides is 2. The molecule has 0 atom stereocenters. The van der Waals surface area contributed by atoms with Crippen LogP contribution < -0.4 is 10.0 Å². The maximum absolute atomic E-state index is 11.3. The van der Waals surface area contributed by atoms with Gasteiger partial charge in [0.05, 0.1) is 15.2 Å². The summed E-state index contributed by atoms with van der Waals surface area (Å²) in [6, 6.07) is 10.0. The second-order valence-electron chi connectivity index (χ2n) is 4.46. The van der Waals surface area contributed by atoms with Gasteiger partial charge in [-0.15, -0.1) is 11.3 Å². The van der Waals surface area contributed by atoms with Crippen LogP contribution in [0.1, 0.15) is 0 Å². The molecular weight excluding hydrogens is 342 g/mol. The first-order chi connectivity index (χ1) is 10.5. The van der Waals surface area contributed by atoms with E-state index in [9.17, 15) is 9.90 Å². The fraction of sp³-hybridized carbons (Fsp3) is 0. The average Bonchev–Trinajstić information content (AvgIpc) is 2.93. The van der Waals surface area contributed by atoms with Crippen LogP contribution in [0.3, 0.4) is 0 Å². The number of hydrogen-bond acceptors (Lipinski definition) is 5. The Balaban J connectivity index is 2.16. The number of halogens is 1. The van der Waals surface area contributed by atoms with Crippen molar-refractivity contribution in [2.45, 2.75) is 0 Å².